The molecule has 158 valence electrons. The fraction of sp³-hybridized carbons (Fsp3) is 0.348. The molecule has 7 nitrogen and oxygen atoms in total. The Bertz CT molecular complexity index is 975. The number of alkyl carbamates (subject to hydrolysis) is 1. The van der Waals surface area contributed by atoms with E-state index in [1.54, 1.807) is 20.8 Å². The van der Waals surface area contributed by atoms with Crippen LogP contribution in [-0.2, 0) is 16.0 Å². The highest BCUT2D eigenvalue weighted by atomic mass is 16.6. The average Bonchev–Trinajstić information content (AvgIpc) is 3.11. The van der Waals surface area contributed by atoms with Crippen LogP contribution in [0.25, 0.3) is 11.0 Å². The molecule has 0 aliphatic rings. The first-order chi connectivity index (χ1) is 14.2. The summed E-state index contributed by atoms with van der Waals surface area (Å²) in [5, 5.41) is 5.64. The smallest absolute Gasteiger partial charge is 0.408 e. The van der Waals surface area contributed by atoms with Crippen molar-refractivity contribution in [2.75, 3.05) is 0 Å². The summed E-state index contributed by atoms with van der Waals surface area (Å²) in [5.41, 5.74) is 2.02. The summed E-state index contributed by atoms with van der Waals surface area (Å²) >= 11 is 0. The van der Waals surface area contributed by atoms with Crippen molar-refractivity contribution in [3.05, 3.63) is 66.0 Å². The van der Waals surface area contributed by atoms with E-state index in [0.29, 0.717) is 12.2 Å². The fourth-order valence-electron chi connectivity index (χ4n) is 3.07. The molecule has 1 aromatic heterocycles. The molecule has 7 heteroatoms. The van der Waals surface area contributed by atoms with Gasteiger partial charge in [-0.05, 0) is 45.4 Å². The largest absolute Gasteiger partial charge is 0.444 e. The van der Waals surface area contributed by atoms with Crippen LogP contribution in [0.2, 0.25) is 0 Å². The predicted octanol–water partition coefficient (Wildman–Crippen LogP) is 3.88. The van der Waals surface area contributed by atoms with Gasteiger partial charge in [0.25, 0.3) is 0 Å². The molecular weight excluding hydrogens is 380 g/mol. The minimum atomic E-state index is -0.783. The van der Waals surface area contributed by atoms with Gasteiger partial charge >= 0.3 is 6.09 Å². The van der Waals surface area contributed by atoms with Crippen LogP contribution < -0.4 is 10.6 Å². The Morgan fingerprint density at radius 3 is 2.37 bits per heavy atom. The van der Waals surface area contributed by atoms with E-state index in [2.05, 4.69) is 20.6 Å². The zero-order valence-corrected chi connectivity index (χ0v) is 17.7. The first-order valence-electron chi connectivity index (χ1n) is 10.00. The second kappa shape index (κ2) is 8.98. The third-order valence-electron chi connectivity index (χ3n) is 4.47. The standard InChI is InChI=1S/C23H28N4O3/c1-15(20-25-17-12-8-9-13-18(17)26-20)24-21(28)19(14-16-10-6-5-7-11-16)27-22(29)30-23(2,3)4/h5-13,15,19H,14H2,1-4H3,(H,24,28)(H,25,26)(H,27,29). The Hall–Kier alpha value is -3.35. The molecule has 1 heterocycles. The molecule has 3 N–H and O–H groups in total. The second-order valence-corrected chi connectivity index (χ2v) is 8.26. The topological polar surface area (TPSA) is 96.1 Å². The van der Waals surface area contributed by atoms with Gasteiger partial charge in [0.15, 0.2) is 0 Å². The number of benzene rings is 2. The number of carbonyl (C=O) groups is 2. The summed E-state index contributed by atoms with van der Waals surface area (Å²) in [4.78, 5) is 33.1. The molecule has 0 spiro atoms. The lowest BCUT2D eigenvalue weighted by Crippen LogP contribution is -2.49. The molecule has 0 aliphatic carbocycles. The Balaban J connectivity index is 1.73. The zero-order chi connectivity index (χ0) is 21.7. The number of aromatic nitrogens is 2. The average molecular weight is 409 g/mol. The highest BCUT2D eigenvalue weighted by Crippen LogP contribution is 2.16. The van der Waals surface area contributed by atoms with Crippen molar-refractivity contribution in [1.29, 1.82) is 0 Å². The Morgan fingerprint density at radius 1 is 1.03 bits per heavy atom. The fourth-order valence-corrected chi connectivity index (χ4v) is 3.07. The van der Waals surface area contributed by atoms with E-state index in [0.717, 1.165) is 16.6 Å². The monoisotopic (exact) mass is 408 g/mol. The summed E-state index contributed by atoms with van der Waals surface area (Å²) in [6.07, 6.45) is -0.284. The number of fused-ring (bicyclic) bond motifs is 1. The third kappa shape index (κ3) is 5.83. The minimum Gasteiger partial charge on any atom is -0.444 e. The first kappa shape index (κ1) is 21.4. The lowest BCUT2D eigenvalue weighted by molar-refractivity contribution is -0.123. The molecule has 2 amide bonds. The summed E-state index contributed by atoms with van der Waals surface area (Å²) in [7, 11) is 0. The van der Waals surface area contributed by atoms with Gasteiger partial charge in [0.1, 0.15) is 17.5 Å². The first-order valence-corrected chi connectivity index (χ1v) is 10.00. The van der Waals surface area contributed by atoms with Crippen LogP contribution in [0.1, 0.15) is 45.1 Å². The van der Waals surface area contributed by atoms with Crippen molar-refractivity contribution in [2.24, 2.45) is 0 Å². The number of para-hydroxylation sites is 2. The van der Waals surface area contributed by atoms with E-state index in [4.69, 9.17) is 4.74 Å². The van der Waals surface area contributed by atoms with Crippen molar-refractivity contribution < 1.29 is 14.3 Å². The molecule has 0 aliphatic heterocycles. The number of ether oxygens (including phenoxy) is 1. The van der Waals surface area contributed by atoms with Gasteiger partial charge in [0.05, 0.1) is 17.1 Å². The number of aromatic amines is 1. The minimum absolute atomic E-state index is 0.308. The van der Waals surface area contributed by atoms with Crippen molar-refractivity contribution in [3.8, 4) is 0 Å². The molecule has 3 rings (SSSR count). The number of H-pyrrole nitrogens is 1. The molecule has 0 bridgehead atoms. The van der Waals surface area contributed by atoms with Gasteiger partial charge in [0.2, 0.25) is 5.91 Å². The van der Waals surface area contributed by atoms with Crippen LogP contribution >= 0.6 is 0 Å². The number of amides is 2. The van der Waals surface area contributed by atoms with E-state index < -0.39 is 17.7 Å². The van der Waals surface area contributed by atoms with E-state index in [1.165, 1.54) is 0 Å². The van der Waals surface area contributed by atoms with Crippen LogP contribution in [0, 0.1) is 0 Å². The van der Waals surface area contributed by atoms with E-state index in [-0.39, 0.29) is 11.9 Å². The lowest BCUT2D eigenvalue weighted by Gasteiger charge is -2.24. The number of rotatable bonds is 6. The van der Waals surface area contributed by atoms with Crippen molar-refractivity contribution in [2.45, 2.75) is 51.8 Å². The Kier molecular flexibility index (Phi) is 6.40. The zero-order valence-electron chi connectivity index (χ0n) is 17.7. The third-order valence-corrected chi connectivity index (χ3v) is 4.47. The normalized spacial score (nSPS) is 13.5. The number of hydrogen-bond acceptors (Lipinski definition) is 4. The van der Waals surface area contributed by atoms with Crippen LogP contribution in [0.4, 0.5) is 4.79 Å². The van der Waals surface area contributed by atoms with E-state index >= 15 is 0 Å². The number of hydrogen-bond donors (Lipinski definition) is 3. The summed E-state index contributed by atoms with van der Waals surface area (Å²) in [5.74, 6) is 0.345. The second-order valence-electron chi connectivity index (χ2n) is 8.26. The number of carbonyl (C=O) groups excluding carboxylic acids is 2. The predicted molar refractivity (Wildman–Crippen MR) is 116 cm³/mol. The molecule has 2 atom stereocenters. The van der Waals surface area contributed by atoms with E-state index in [9.17, 15) is 9.59 Å². The van der Waals surface area contributed by atoms with E-state index in [1.807, 2.05) is 61.5 Å². The Labute approximate surface area is 176 Å². The quantitative estimate of drug-likeness (QED) is 0.577. The molecule has 0 saturated carbocycles. The maximum absolute atomic E-state index is 13.0. The maximum atomic E-state index is 13.0. The summed E-state index contributed by atoms with van der Waals surface area (Å²) < 4.78 is 5.34. The molecule has 0 radical (unpaired) electrons. The SMILES string of the molecule is CC(NC(=O)C(Cc1ccccc1)NC(=O)OC(C)(C)C)c1nc2ccccc2[nH]1. The summed E-state index contributed by atoms with van der Waals surface area (Å²) in [6, 6.07) is 16.1. The van der Waals surface area contributed by atoms with Crippen LogP contribution in [0.15, 0.2) is 54.6 Å². The van der Waals surface area contributed by atoms with Crippen LogP contribution in [0.5, 0.6) is 0 Å². The van der Waals surface area contributed by atoms with Crippen LogP contribution in [-0.4, -0.2) is 33.6 Å². The van der Waals surface area contributed by atoms with Gasteiger partial charge in [-0.3, -0.25) is 4.79 Å². The Morgan fingerprint density at radius 2 is 1.70 bits per heavy atom. The van der Waals surface area contributed by atoms with Gasteiger partial charge in [-0.15, -0.1) is 0 Å². The van der Waals surface area contributed by atoms with Crippen molar-refractivity contribution >= 4 is 23.0 Å². The number of imidazole rings is 1. The molecule has 0 saturated heterocycles. The number of nitrogens with one attached hydrogen (secondary N) is 3. The number of nitrogens with zero attached hydrogens (tertiary/aromatic N) is 1. The van der Waals surface area contributed by atoms with Gasteiger partial charge < -0.3 is 20.4 Å². The molecule has 3 aromatic rings. The molecule has 2 aromatic carbocycles. The summed E-state index contributed by atoms with van der Waals surface area (Å²) in [6.45, 7) is 7.19. The molecule has 2 unspecified atom stereocenters. The van der Waals surface area contributed by atoms with Crippen LogP contribution in [0.3, 0.4) is 0 Å². The van der Waals surface area contributed by atoms with Crippen molar-refractivity contribution in [1.82, 2.24) is 20.6 Å². The highest BCUT2D eigenvalue weighted by molar-refractivity contribution is 5.86. The van der Waals surface area contributed by atoms with Gasteiger partial charge in [-0.1, -0.05) is 42.5 Å². The maximum Gasteiger partial charge on any atom is 0.408 e. The molecule has 0 fully saturated rings. The van der Waals surface area contributed by atoms with Gasteiger partial charge in [-0.25, -0.2) is 9.78 Å². The molecular formula is C23H28N4O3. The van der Waals surface area contributed by atoms with Crippen molar-refractivity contribution in [3.63, 3.8) is 0 Å². The lowest BCUT2D eigenvalue weighted by atomic mass is 10.1. The molecule has 30 heavy (non-hydrogen) atoms. The van der Waals surface area contributed by atoms with Gasteiger partial charge in [-0.2, -0.15) is 0 Å². The highest BCUT2D eigenvalue weighted by Gasteiger charge is 2.26. The van der Waals surface area contributed by atoms with Gasteiger partial charge in [0, 0.05) is 6.42 Å².